The highest BCUT2D eigenvalue weighted by Gasteiger charge is 2.17. The van der Waals surface area contributed by atoms with Gasteiger partial charge in [-0.15, -0.1) is 11.3 Å². The summed E-state index contributed by atoms with van der Waals surface area (Å²) in [6.45, 7) is 1.90. The van der Waals surface area contributed by atoms with Gasteiger partial charge in [-0.05, 0) is 24.5 Å². The maximum Gasteiger partial charge on any atom is 0.263 e. The summed E-state index contributed by atoms with van der Waals surface area (Å²) in [7, 11) is 0. The zero-order valence-corrected chi connectivity index (χ0v) is 13.7. The highest BCUT2D eigenvalue weighted by Crippen LogP contribution is 2.20. The molecule has 1 aromatic heterocycles. The molecular weight excluding hydrogens is 304 g/mol. The summed E-state index contributed by atoms with van der Waals surface area (Å²) in [5.74, 6) is -0.0691. The lowest BCUT2D eigenvalue weighted by Crippen LogP contribution is -2.29. The van der Waals surface area contributed by atoms with Gasteiger partial charge >= 0.3 is 0 Å². The standard InChI is InChI=1S/C19H18N2OS/c1-14-20-13-18(23-14)19(22)21-17(16-10-6-3-7-11-16)12-15-8-4-2-5-9-15/h2-11,13,17H,12H2,1H3,(H,21,22)/t17-/m1/s1. The summed E-state index contributed by atoms with van der Waals surface area (Å²) in [5, 5.41) is 4.04. The first-order chi connectivity index (χ1) is 11.2. The second-order valence-electron chi connectivity index (χ2n) is 5.37. The van der Waals surface area contributed by atoms with Gasteiger partial charge in [0.25, 0.3) is 5.91 Å². The van der Waals surface area contributed by atoms with Crippen LogP contribution in [0.4, 0.5) is 0 Å². The fraction of sp³-hybridized carbons (Fsp3) is 0.158. The lowest BCUT2D eigenvalue weighted by Gasteiger charge is -2.19. The number of rotatable bonds is 5. The number of amides is 1. The van der Waals surface area contributed by atoms with Crippen LogP contribution in [0.1, 0.15) is 31.8 Å². The van der Waals surface area contributed by atoms with Gasteiger partial charge in [0.2, 0.25) is 0 Å². The summed E-state index contributed by atoms with van der Waals surface area (Å²) in [5.41, 5.74) is 2.30. The Morgan fingerprint density at radius 1 is 1.09 bits per heavy atom. The summed E-state index contributed by atoms with van der Waals surface area (Å²) >= 11 is 1.42. The van der Waals surface area contributed by atoms with Gasteiger partial charge in [0.15, 0.2) is 0 Å². The highest BCUT2D eigenvalue weighted by atomic mass is 32.1. The Kier molecular flexibility index (Phi) is 4.83. The zero-order chi connectivity index (χ0) is 16.1. The molecule has 23 heavy (non-hydrogen) atoms. The largest absolute Gasteiger partial charge is 0.344 e. The quantitative estimate of drug-likeness (QED) is 0.766. The minimum atomic E-state index is -0.0691. The Bertz CT molecular complexity index is 768. The van der Waals surface area contributed by atoms with E-state index < -0.39 is 0 Å². The van der Waals surface area contributed by atoms with Gasteiger partial charge in [-0.25, -0.2) is 4.98 Å². The Hall–Kier alpha value is -2.46. The van der Waals surface area contributed by atoms with E-state index >= 15 is 0 Å². The molecule has 0 saturated carbocycles. The second-order valence-corrected chi connectivity index (χ2v) is 6.60. The fourth-order valence-electron chi connectivity index (χ4n) is 2.48. The van der Waals surface area contributed by atoms with Crippen LogP contribution in [-0.2, 0) is 6.42 Å². The summed E-state index contributed by atoms with van der Waals surface area (Å²) in [6.07, 6.45) is 2.40. The van der Waals surface area contributed by atoms with Gasteiger partial charge in [-0.2, -0.15) is 0 Å². The number of carbonyl (C=O) groups excluding carboxylic acids is 1. The minimum absolute atomic E-state index is 0.0616. The van der Waals surface area contributed by atoms with Gasteiger partial charge in [-0.3, -0.25) is 4.79 Å². The maximum atomic E-state index is 12.5. The van der Waals surface area contributed by atoms with Crippen LogP contribution in [-0.4, -0.2) is 10.9 Å². The molecule has 0 aliphatic heterocycles. The molecule has 0 spiro atoms. The van der Waals surface area contributed by atoms with E-state index in [2.05, 4.69) is 22.4 Å². The van der Waals surface area contributed by atoms with Gasteiger partial charge < -0.3 is 5.32 Å². The smallest absolute Gasteiger partial charge is 0.263 e. The molecule has 0 saturated heterocycles. The van der Waals surface area contributed by atoms with Crippen molar-refractivity contribution >= 4 is 17.2 Å². The molecule has 4 heteroatoms. The number of carbonyl (C=O) groups is 1. The third-order valence-electron chi connectivity index (χ3n) is 3.63. The van der Waals surface area contributed by atoms with Crippen LogP contribution in [0.25, 0.3) is 0 Å². The van der Waals surface area contributed by atoms with Crippen LogP contribution in [0, 0.1) is 6.92 Å². The van der Waals surface area contributed by atoms with E-state index in [-0.39, 0.29) is 11.9 Å². The van der Waals surface area contributed by atoms with Crippen LogP contribution in [0.15, 0.2) is 66.9 Å². The molecule has 2 aromatic carbocycles. The third-order valence-corrected chi connectivity index (χ3v) is 4.55. The van der Waals surface area contributed by atoms with Crippen molar-refractivity contribution in [2.75, 3.05) is 0 Å². The van der Waals surface area contributed by atoms with E-state index in [0.29, 0.717) is 4.88 Å². The molecule has 0 unspecified atom stereocenters. The van der Waals surface area contributed by atoms with Crippen LogP contribution < -0.4 is 5.32 Å². The molecule has 3 aromatic rings. The monoisotopic (exact) mass is 322 g/mol. The molecule has 0 aliphatic rings. The van der Waals surface area contributed by atoms with Crippen molar-refractivity contribution in [3.8, 4) is 0 Å². The number of aryl methyl sites for hydroxylation is 1. The zero-order valence-electron chi connectivity index (χ0n) is 12.9. The van der Waals surface area contributed by atoms with Crippen molar-refractivity contribution in [2.45, 2.75) is 19.4 Å². The topological polar surface area (TPSA) is 42.0 Å². The Morgan fingerprint density at radius 3 is 2.35 bits per heavy atom. The van der Waals surface area contributed by atoms with Crippen molar-refractivity contribution in [1.82, 2.24) is 10.3 Å². The summed E-state index contributed by atoms with van der Waals surface area (Å²) < 4.78 is 0. The predicted octanol–water partition coefficient (Wildman–Crippen LogP) is 4.17. The van der Waals surface area contributed by atoms with E-state index in [1.807, 2.05) is 55.5 Å². The van der Waals surface area contributed by atoms with Crippen molar-refractivity contribution in [1.29, 1.82) is 0 Å². The molecule has 1 amide bonds. The molecule has 3 rings (SSSR count). The number of hydrogen-bond acceptors (Lipinski definition) is 3. The first kappa shape index (κ1) is 15.4. The molecule has 0 aliphatic carbocycles. The Morgan fingerprint density at radius 2 is 1.74 bits per heavy atom. The molecule has 0 bridgehead atoms. The molecular formula is C19H18N2OS. The van der Waals surface area contributed by atoms with Crippen LogP contribution in [0.5, 0.6) is 0 Å². The third kappa shape index (κ3) is 4.05. The number of thiazole rings is 1. The number of nitrogens with one attached hydrogen (secondary N) is 1. The van der Waals surface area contributed by atoms with E-state index in [4.69, 9.17) is 0 Å². The Labute approximate surface area is 140 Å². The first-order valence-electron chi connectivity index (χ1n) is 7.54. The fourth-order valence-corrected chi connectivity index (χ4v) is 3.16. The number of benzene rings is 2. The highest BCUT2D eigenvalue weighted by molar-refractivity contribution is 7.13. The first-order valence-corrected chi connectivity index (χ1v) is 8.36. The van der Waals surface area contributed by atoms with E-state index in [9.17, 15) is 4.79 Å². The van der Waals surface area contributed by atoms with Crippen LogP contribution in [0.3, 0.4) is 0 Å². The predicted molar refractivity (Wildman–Crippen MR) is 93.6 cm³/mol. The molecule has 3 nitrogen and oxygen atoms in total. The SMILES string of the molecule is Cc1ncc(C(=O)N[C@H](Cc2ccccc2)c2ccccc2)s1. The summed E-state index contributed by atoms with van der Waals surface area (Å²) in [6, 6.07) is 20.2. The van der Waals surface area contributed by atoms with E-state index in [1.54, 1.807) is 6.20 Å². The number of aromatic nitrogens is 1. The van der Waals surface area contributed by atoms with E-state index in [1.165, 1.54) is 16.9 Å². The molecule has 0 radical (unpaired) electrons. The maximum absolute atomic E-state index is 12.5. The number of nitrogens with zero attached hydrogens (tertiary/aromatic N) is 1. The normalized spacial score (nSPS) is 11.9. The number of hydrogen-bond donors (Lipinski definition) is 1. The average molecular weight is 322 g/mol. The van der Waals surface area contributed by atoms with E-state index in [0.717, 1.165) is 17.0 Å². The Balaban J connectivity index is 1.82. The molecule has 116 valence electrons. The van der Waals surface area contributed by atoms with Crippen molar-refractivity contribution in [3.05, 3.63) is 87.9 Å². The minimum Gasteiger partial charge on any atom is -0.344 e. The van der Waals surface area contributed by atoms with Crippen molar-refractivity contribution in [2.24, 2.45) is 0 Å². The van der Waals surface area contributed by atoms with Crippen LogP contribution >= 0.6 is 11.3 Å². The summed E-state index contributed by atoms with van der Waals surface area (Å²) in [4.78, 5) is 17.3. The second kappa shape index (κ2) is 7.20. The van der Waals surface area contributed by atoms with Gasteiger partial charge in [-0.1, -0.05) is 60.7 Å². The molecule has 1 N–H and O–H groups in total. The lowest BCUT2D eigenvalue weighted by molar-refractivity contribution is 0.0940. The molecule has 1 heterocycles. The lowest BCUT2D eigenvalue weighted by atomic mass is 9.99. The van der Waals surface area contributed by atoms with Crippen molar-refractivity contribution in [3.63, 3.8) is 0 Å². The van der Waals surface area contributed by atoms with Crippen LogP contribution in [0.2, 0.25) is 0 Å². The molecule has 1 atom stereocenters. The van der Waals surface area contributed by atoms with Gasteiger partial charge in [0, 0.05) is 0 Å². The van der Waals surface area contributed by atoms with Gasteiger partial charge in [0.1, 0.15) is 4.88 Å². The molecule has 0 fully saturated rings. The van der Waals surface area contributed by atoms with Gasteiger partial charge in [0.05, 0.1) is 17.2 Å². The van der Waals surface area contributed by atoms with Crippen molar-refractivity contribution < 1.29 is 4.79 Å². The average Bonchev–Trinajstić information content (AvgIpc) is 3.03.